The third-order valence-electron chi connectivity index (χ3n) is 5.40. The molecule has 0 saturated carbocycles. The number of benzene rings is 1. The predicted octanol–water partition coefficient (Wildman–Crippen LogP) is 2.29. The van der Waals surface area contributed by atoms with Crippen molar-refractivity contribution in [1.82, 2.24) is 19.4 Å². The second-order valence-electron chi connectivity index (χ2n) is 6.79. The van der Waals surface area contributed by atoms with Gasteiger partial charge in [0.2, 0.25) is 5.91 Å². The molecule has 0 radical (unpaired) electrons. The molecular weight excluding hydrogens is 288 g/mol. The monoisotopic (exact) mass is 312 g/mol. The summed E-state index contributed by atoms with van der Waals surface area (Å²) in [5.41, 5.74) is 1.98. The number of hydrogen-bond donors (Lipinski definition) is 0. The molecule has 0 aliphatic carbocycles. The average Bonchev–Trinajstić information content (AvgIpc) is 3.04. The number of piperazine rings is 1. The molecule has 4 rings (SSSR count). The van der Waals surface area contributed by atoms with Gasteiger partial charge in [-0.25, -0.2) is 4.98 Å². The number of imidazole rings is 1. The molecule has 1 aromatic heterocycles. The van der Waals surface area contributed by atoms with Gasteiger partial charge in [0.1, 0.15) is 6.04 Å². The highest BCUT2D eigenvalue weighted by Gasteiger charge is 2.33. The van der Waals surface area contributed by atoms with E-state index in [2.05, 4.69) is 14.8 Å². The first-order valence-corrected chi connectivity index (χ1v) is 8.68. The van der Waals surface area contributed by atoms with Crippen molar-refractivity contribution in [3.63, 3.8) is 0 Å². The molecule has 3 heterocycles. The summed E-state index contributed by atoms with van der Waals surface area (Å²) in [7, 11) is 0. The molecule has 122 valence electrons. The van der Waals surface area contributed by atoms with Crippen LogP contribution in [0.25, 0.3) is 11.0 Å². The molecule has 5 heteroatoms. The van der Waals surface area contributed by atoms with Gasteiger partial charge < -0.3 is 9.47 Å². The molecule has 5 nitrogen and oxygen atoms in total. The summed E-state index contributed by atoms with van der Waals surface area (Å²) in [6.45, 7) is 5.95. The van der Waals surface area contributed by atoms with Gasteiger partial charge in [-0.1, -0.05) is 18.6 Å². The smallest absolute Gasteiger partial charge is 0.245 e. The summed E-state index contributed by atoms with van der Waals surface area (Å²) in [5.74, 6) is 0.221. The van der Waals surface area contributed by atoms with Crippen molar-refractivity contribution in [1.29, 1.82) is 0 Å². The van der Waals surface area contributed by atoms with Crippen LogP contribution in [0.2, 0.25) is 0 Å². The van der Waals surface area contributed by atoms with Gasteiger partial charge in [-0.2, -0.15) is 0 Å². The third-order valence-corrected chi connectivity index (χ3v) is 5.40. The van der Waals surface area contributed by atoms with E-state index in [9.17, 15) is 4.79 Å². The fourth-order valence-corrected chi connectivity index (χ4v) is 4.03. The van der Waals surface area contributed by atoms with Gasteiger partial charge in [0.05, 0.1) is 17.4 Å². The summed E-state index contributed by atoms with van der Waals surface area (Å²) in [6, 6.07) is 8.37. The molecule has 23 heavy (non-hydrogen) atoms. The molecule has 0 spiro atoms. The van der Waals surface area contributed by atoms with Gasteiger partial charge in [-0.05, 0) is 38.4 Å². The van der Waals surface area contributed by atoms with Crippen LogP contribution >= 0.6 is 0 Å². The van der Waals surface area contributed by atoms with Gasteiger partial charge in [-0.3, -0.25) is 9.69 Å². The number of hydrogen-bond acceptors (Lipinski definition) is 3. The number of carbonyl (C=O) groups is 1. The number of aromatic nitrogens is 2. The first-order chi connectivity index (χ1) is 11.2. The van der Waals surface area contributed by atoms with Crippen molar-refractivity contribution in [3.05, 3.63) is 30.6 Å². The summed E-state index contributed by atoms with van der Waals surface area (Å²) in [5, 5.41) is 0. The lowest BCUT2D eigenvalue weighted by molar-refractivity contribution is -0.137. The summed E-state index contributed by atoms with van der Waals surface area (Å²) >= 11 is 0. The van der Waals surface area contributed by atoms with Gasteiger partial charge in [0, 0.05) is 25.7 Å². The Morgan fingerprint density at radius 3 is 3.00 bits per heavy atom. The second kappa shape index (κ2) is 5.96. The number of nitrogens with zero attached hydrogens (tertiary/aromatic N) is 4. The van der Waals surface area contributed by atoms with Crippen LogP contribution < -0.4 is 0 Å². The Labute approximate surface area is 136 Å². The minimum atomic E-state index is -0.197. The topological polar surface area (TPSA) is 41.4 Å². The maximum atomic E-state index is 13.0. The second-order valence-corrected chi connectivity index (χ2v) is 6.79. The number of fused-ring (bicyclic) bond motifs is 2. The molecule has 0 unspecified atom stereocenters. The van der Waals surface area contributed by atoms with Crippen molar-refractivity contribution in [2.24, 2.45) is 0 Å². The van der Waals surface area contributed by atoms with E-state index in [1.165, 1.54) is 25.8 Å². The lowest BCUT2D eigenvalue weighted by Gasteiger charge is -2.44. The zero-order valence-corrected chi connectivity index (χ0v) is 13.7. The van der Waals surface area contributed by atoms with Crippen LogP contribution in [0.3, 0.4) is 0 Å². The quantitative estimate of drug-likeness (QED) is 0.854. The van der Waals surface area contributed by atoms with E-state index >= 15 is 0 Å². The predicted molar refractivity (Wildman–Crippen MR) is 90.2 cm³/mol. The van der Waals surface area contributed by atoms with E-state index in [1.807, 2.05) is 35.8 Å². The van der Waals surface area contributed by atoms with Crippen molar-refractivity contribution in [3.8, 4) is 0 Å². The van der Waals surface area contributed by atoms with Gasteiger partial charge >= 0.3 is 0 Å². The van der Waals surface area contributed by atoms with Crippen LogP contribution in [0, 0.1) is 0 Å². The van der Waals surface area contributed by atoms with Crippen LogP contribution in [0.5, 0.6) is 0 Å². The maximum absolute atomic E-state index is 13.0. The van der Waals surface area contributed by atoms with Crippen molar-refractivity contribution in [2.45, 2.75) is 38.3 Å². The number of para-hydroxylation sites is 2. The fourth-order valence-electron chi connectivity index (χ4n) is 4.03. The van der Waals surface area contributed by atoms with E-state index < -0.39 is 0 Å². The van der Waals surface area contributed by atoms with E-state index in [0.717, 1.165) is 30.7 Å². The largest absolute Gasteiger partial charge is 0.338 e. The zero-order valence-electron chi connectivity index (χ0n) is 13.7. The van der Waals surface area contributed by atoms with E-state index in [4.69, 9.17) is 0 Å². The molecule has 0 N–H and O–H groups in total. The summed E-state index contributed by atoms with van der Waals surface area (Å²) in [4.78, 5) is 22.0. The maximum Gasteiger partial charge on any atom is 0.245 e. The van der Waals surface area contributed by atoms with E-state index in [0.29, 0.717) is 6.04 Å². The van der Waals surface area contributed by atoms with Gasteiger partial charge in [0.25, 0.3) is 0 Å². The Balaban J connectivity index is 1.52. The Morgan fingerprint density at radius 1 is 1.22 bits per heavy atom. The molecular formula is C18H24N4O. The van der Waals surface area contributed by atoms with Crippen molar-refractivity contribution in [2.75, 3.05) is 26.2 Å². The highest BCUT2D eigenvalue weighted by atomic mass is 16.2. The first kappa shape index (κ1) is 14.7. The normalized spacial score (nSPS) is 23.7. The molecule has 0 bridgehead atoms. The minimum Gasteiger partial charge on any atom is -0.338 e. The van der Waals surface area contributed by atoms with E-state index in [1.54, 1.807) is 6.33 Å². The number of amides is 1. The Morgan fingerprint density at radius 2 is 2.09 bits per heavy atom. The number of carbonyl (C=O) groups excluding carboxylic acids is 1. The van der Waals surface area contributed by atoms with Crippen LogP contribution in [-0.2, 0) is 4.79 Å². The van der Waals surface area contributed by atoms with Crippen LogP contribution in [-0.4, -0.2) is 57.5 Å². The lowest BCUT2D eigenvalue weighted by atomic mass is 9.99. The number of piperidine rings is 1. The number of rotatable bonds is 2. The standard InChI is InChI=1S/C18H24N4O/c1-14(22-13-19-16-7-2-3-8-17(16)22)18(23)21-11-10-20-9-5-4-6-15(20)12-21/h2-3,7-8,13-15H,4-6,9-12H2,1H3/t14-,15+/m1/s1. The minimum absolute atomic E-state index is 0.197. The average molecular weight is 312 g/mol. The summed E-state index contributed by atoms with van der Waals surface area (Å²) < 4.78 is 2.00. The van der Waals surface area contributed by atoms with Crippen LogP contribution in [0.4, 0.5) is 0 Å². The van der Waals surface area contributed by atoms with E-state index in [-0.39, 0.29) is 11.9 Å². The molecule has 1 amide bonds. The van der Waals surface area contributed by atoms with Gasteiger partial charge in [-0.15, -0.1) is 0 Å². The highest BCUT2D eigenvalue weighted by Crippen LogP contribution is 2.24. The highest BCUT2D eigenvalue weighted by molar-refractivity contribution is 5.83. The van der Waals surface area contributed by atoms with Crippen molar-refractivity contribution < 1.29 is 4.79 Å². The Kier molecular flexibility index (Phi) is 3.81. The molecule has 2 aromatic rings. The first-order valence-electron chi connectivity index (χ1n) is 8.68. The Bertz CT molecular complexity index is 710. The van der Waals surface area contributed by atoms with Crippen molar-refractivity contribution >= 4 is 16.9 Å². The zero-order chi connectivity index (χ0) is 15.8. The molecule has 2 saturated heterocycles. The molecule has 2 fully saturated rings. The molecule has 2 atom stereocenters. The third kappa shape index (κ3) is 2.63. The van der Waals surface area contributed by atoms with Gasteiger partial charge in [0.15, 0.2) is 0 Å². The molecule has 2 aliphatic heterocycles. The molecule has 1 aromatic carbocycles. The van der Waals surface area contributed by atoms with Crippen LogP contribution in [0.1, 0.15) is 32.2 Å². The molecule has 2 aliphatic rings. The summed E-state index contributed by atoms with van der Waals surface area (Å²) in [6.07, 6.45) is 5.63. The fraction of sp³-hybridized carbons (Fsp3) is 0.556. The Hall–Kier alpha value is -1.88. The lowest BCUT2D eigenvalue weighted by Crippen LogP contribution is -2.57. The van der Waals surface area contributed by atoms with Crippen LogP contribution in [0.15, 0.2) is 30.6 Å². The SMILES string of the molecule is C[C@H](C(=O)N1CCN2CCCC[C@H]2C1)n1cnc2ccccc21.